The molecular formula is C11H20O4. The number of carbonyl (C=O) groups is 1. The summed E-state index contributed by atoms with van der Waals surface area (Å²) in [5.74, 6) is -0.703. The van der Waals surface area contributed by atoms with Crippen LogP contribution in [0.5, 0.6) is 0 Å². The molecule has 4 heteroatoms. The second-order valence-electron chi connectivity index (χ2n) is 4.06. The topological polar surface area (TPSA) is 55.8 Å². The highest BCUT2D eigenvalue weighted by Crippen LogP contribution is 2.34. The molecule has 0 saturated carbocycles. The van der Waals surface area contributed by atoms with Gasteiger partial charge in [0.25, 0.3) is 0 Å². The van der Waals surface area contributed by atoms with Crippen LogP contribution >= 0.6 is 0 Å². The monoisotopic (exact) mass is 216 g/mol. The first kappa shape index (κ1) is 12.5. The third-order valence-corrected chi connectivity index (χ3v) is 2.98. The molecule has 15 heavy (non-hydrogen) atoms. The van der Waals surface area contributed by atoms with E-state index in [1.165, 1.54) is 0 Å². The lowest BCUT2D eigenvalue weighted by molar-refractivity contribution is -0.156. The zero-order chi connectivity index (χ0) is 11.1. The number of ether oxygens (including phenoxy) is 2. The Labute approximate surface area is 90.6 Å². The van der Waals surface area contributed by atoms with Gasteiger partial charge in [0.1, 0.15) is 0 Å². The van der Waals surface area contributed by atoms with Gasteiger partial charge in [-0.15, -0.1) is 0 Å². The van der Waals surface area contributed by atoms with E-state index in [1.54, 1.807) is 0 Å². The lowest BCUT2D eigenvalue weighted by atomic mass is 9.77. The van der Waals surface area contributed by atoms with Crippen molar-refractivity contribution in [3.05, 3.63) is 0 Å². The summed E-state index contributed by atoms with van der Waals surface area (Å²) in [6, 6.07) is 0. The largest absolute Gasteiger partial charge is 0.481 e. The molecule has 0 atom stereocenters. The Morgan fingerprint density at radius 3 is 2.60 bits per heavy atom. The van der Waals surface area contributed by atoms with Gasteiger partial charge < -0.3 is 14.6 Å². The molecule has 1 aliphatic rings. The van der Waals surface area contributed by atoms with Gasteiger partial charge in [0.15, 0.2) is 0 Å². The summed E-state index contributed by atoms with van der Waals surface area (Å²) in [6.45, 7) is 4.41. The predicted octanol–water partition coefficient (Wildman–Crippen LogP) is 1.68. The van der Waals surface area contributed by atoms with Gasteiger partial charge in [0, 0.05) is 26.4 Å². The highest BCUT2D eigenvalue weighted by molar-refractivity contribution is 5.74. The van der Waals surface area contributed by atoms with Gasteiger partial charge in [-0.25, -0.2) is 0 Å². The molecule has 1 fully saturated rings. The molecule has 4 nitrogen and oxygen atoms in total. The van der Waals surface area contributed by atoms with Crippen molar-refractivity contribution in [2.24, 2.45) is 5.41 Å². The van der Waals surface area contributed by atoms with E-state index < -0.39 is 11.4 Å². The third kappa shape index (κ3) is 3.47. The van der Waals surface area contributed by atoms with Crippen molar-refractivity contribution in [2.45, 2.75) is 32.6 Å². The van der Waals surface area contributed by atoms with E-state index in [0.717, 1.165) is 6.42 Å². The van der Waals surface area contributed by atoms with E-state index >= 15 is 0 Å². The van der Waals surface area contributed by atoms with Crippen molar-refractivity contribution in [1.29, 1.82) is 0 Å². The molecule has 1 aliphatic heterocycles. The molecule has 0 unspecified atom stereocenters. The van der Waals surface area contributed by atoms with Crippen molar-refractivity contribution >= 4 is 5.97 Å². The van der Waals surface area contributed by atoms with E-state index in [9.17, 15) is 9.90 Å². The fourth-order valence-corrected chi connectivity index (χ4v) is 1.85. The Kier molecular flexibility index (Phi) is 5.05. The van der Waals surface area contributed by atoms with Crippen molar-refractivity contribution in [3.63, 3.8) is 0 Å². The smallest absolute Gasteiger partial charge is 0.309 e. The summed E-state index contributed by atoms with van der Waals surface area (Å²) < 4.78 is 10.6. The Bertz CT molecular complexity index is 197. The zero-order valence-electron chi connectivity index (χ0n) is 9.33. The first-order valence-electron chi connectivity index (χ1n) is 5.60. The molecule has 1 heterocycles. The van der Waals surface area contributed by atoms with Crippen LogP contribution in [0.3, 0.4) is 0 Å². The van der Waals surface area contributed by atoms with Crippen LogP contribution in [0, 0.1) is 5.41 Å². The van der Waals surface area contributed by atoms with Crippen molar-refractivity contribution < 1.29 is 19.4 Å². The van der Waals surface area contributed by atoms with Gasteiger partial charge in [0.2, 0.25) is 0 Å². The van der Waals surface area contributed by atoms with Crippen LogP contribution in [-0.2, 0) is 14.3 Å². The maximum absolute atomic E-state index is 11.2. The lowest BCUT2D eigenvalue weighted by Gasteiger charge is -2.32. The third-order valence-electron chi connectivity index (χ3n) is 2.98. The number of carboxylic acid groups (broad SMARTS) is 1. The summed E-state index contributed by atoms with van der Waals surface area (Å²) in [7, 11) is 0. The van der Waals surface area contributed by atoms with Crippen molar-refractivity contribution in [1.82, 2.24) is 0 Å². The van der Waals surface area contributed by atoms with E-state index in [1.807, 2.05) is 6.92 Å². The fourth-order valence-electron chi connectivity index (χ4n) is 1.85. The van der Waals surface area contributed by atoms with Gasteiger partial charge in [-0.1, -0.05) is 6.92 Å². The van der Waals surface area contributed by atoms with Crippen molar-refractivity contribution in [3.8, 4) is 0 Å². The van der Waals surface area contributed by atoms with Gasteiger partial charge >= 0.3 is 5.97 Å². The molecule has 0 aromatic carbocycles. The average molecular weight is 216 g/mol. The molecule has 1 N–H and O–H groups in total. The van der Waals surface area contributed by atoms with Crippen LogP contribution in [-0.4, -0.2) is 37.5 Å². The van der Waals surface area contributed by atoms with Crippen LogP contribution in [0.15, 0.2) is 0 Å². The summed E-state index contributed by atoms with van der Waals surface area (Å²) >= 11 is 0. The molecule has 0 amide bonds. The van der Waals surface area contributed by atoms with E-state index in [2.05, 4.69) is 0 Å². The number of hydrogen-bond acceptors (Lipinski definition) is 3. The molecule has 0 radical (unpaired) electrons. The Morgan fingerprint density at radius 2 is 2.07 bits per heavy atom. The zero-order valence-corrected chi connectivity index (χ0v) is 9.33. The van der Waals surface area contributed by atoms with Crippen LogP contribution in [0.2, 0.25) is 0 Å². The Hall–Kier alpha value is -0.610. The van der Waals surface area contributed by atoms with Gasteiger partial charge in [-0.05, 0) is 25.7 Å². The number of aliphatic carboxylic acids is 1. The number of hydrogen-bond donors (Lipinski definition) is 1. The SMILES string of the molecule is CCCOCCC1(C(=O)O)CCOCC1. The summed E-state index contributed by atoms with van der Waals surface area (Å²) in [5.41, 5.74) is -0.605. The maximum atomic E-state index is 11.2. The van der Waals surface area contributed by atoms with Crippen LogP contribution < -0.4 is 0 Å². The Balaban J connectivity index is 2.39. The lowest BCUT2D eigenvalue weighted by Crippen LogP contribution is -2.38. The highest BCUT2D eigenvalue weighted by Gasteiger charge is 2.39. The molecule has 1 saturated heterocycles. The van der Waals surface area contributed by atoms with E-state index in [4.69, 9.17) is 9.47 Å². The first-order valence-corrected chi connectivity index (χ1v) is 5.60. The van der Waals surface area contributed by atoms with Crippen LogP contribution in [0.1, 0.15) is 32.6 Å². The normalized spacial score (nSPS) is 20.1. The molecule has 0 bridgehead atoms. The number of rotatable bonds is 6. The fraction of sp³-hybridized carbons (Fsp3) is 0.909. The van der Waals surface area contributed by atoms with Gasteiger partial charge in [-0.3, -0.25) is 4.79 Å². The van der Waals surface area contributed by atoms with Crippen LogP contribution in [0.25, 0.3) is 0 Å². The molecule has 0 aliphatic carbocycles. The summed E-state index contributed by atoms with van der Waals surface area (Å²) in [6.07, 6.45) is 2.80. The second kappa shape index (κ2) is 6.08. The predicted molar refractivity (Wildman–Crippen MR) is 55.8 cm³/mol. The molecular weight excluding hydrogens is 196 g/mol. The molecule has 88 valence electrons. The molecule has 0 aromatic heterocycles. The summed E-state index contributed by atoms with van der Waals surface area (Å²) in [4.78, 5) is 11.2. The molecule has 0 spiro atoms. The quantitative estimate of drug-likeness (QED) is 0.686. The first-order chi connectivity index (χ1) is 7.21. The average Bonchev–Trinajstić information content (AvgIpc) is 2.26. The molecule has 0 aromatic rings. The maximum Gasteiger partial charge on any atom is 0.309 e. The minimum absolute atomic E-state index is 0.542. The minimum Gasteiger partial charge on any atom is -0.481 e. The standard InChI is InChI=1S/C11H20O4/c1-2-6-14-7-3-11(10(12)13)4-8-15-9-5-11/h2-9H2,1H3,(H,12,13). The summed E-state index contributed by atoms with van der Waals surface area (Å²) in [5, 5.41) is 9.23. The Morgan fingerprint density at radius 1 is 1.40 bits per heavy atom. The van der Waals surface area contributed by atoms with E-state index in [0.29, 0.717) is 45.7 Å². The number of carboxylic acids is 1. The highest BCUT2D eigenvalue weighted by atomic mass is 16.5. The van der Waals surface area contributed by atoms with Crippen molar-refractivity contribution in [2.75, 3.05) is 26.4 Å². The molecule has 1 rings (SSSR count). The van der Waals surface area contributed by atoms with Gasteiger partial charge in [-0.2, -0.15) is 0 Å². The van der Waals surface area contributed by atoms with Gasteiger partial charge in [0.05, 0.1) is 5.41 Å². The minimum atomic E-state index is -0.703. The second-order valence-corrected chi connectivity index (χ2v) is 4.06. The van der Waals surface area contributed by atoms with Crippen LogP contribution in [0.4, 0.5) is 0 Å². The van der Waals surface area contributed by atoms with E-state index in [-0.39, 0.29) is 0 Å².